The predicted molar refractivity (Wildman–Crippen MR) is 139 cm³/mol. The third kappa shape index (κ3) is 7.63. The van der Waals surface area contributed by atoms with Crippen LogP contribution >= 0.6 is 35.0 Å². The minimum absolute atomic E-state index is 0.315. The van der Waals surface area contributed by atoms with E-state index in [1.165, 1.54) is 32.1 Å². The summed E-state index contributed by atoms with van der Waals surface area (Å²) in [5.41, 5.74) is 1.09. The van der Waals surface area contributed by atoms with E-state index in [4.69, 9.17) is 37.7 Å². The first-order valence-corrected chi connectivity index (χ1v) is 13.9. The summed E-state index contributed by atoms with van der Waals surface area (Å²) in [7, 11) is 2.08. The van der Waals surface area contributed by atoms with Gasteiger partial charge >= 0.3 is 0 Å². The van der Waals surface area contributed by atoms with Crippen LogP contribution in [0.2, 0.25) is 10.0 Å². The van der Waals surface area contributed by atoms with E-state index in [1.54, 1.807) is 17.8 Å². The Bertz CT molecular complexity index is 874. The van der Waals surface area contributed by atoms with E-state index in [0.29, 0.717) is 22.6 Å². The van der Waals surface area contributed by atoms with Gasteiger partial charge in [0.1, 0.15) is 10.9 Å². The molecule has 3 rings (SSSR count). The molecule has 4 nitrogen and oxygen atoms in total. The molecule has 1 heterocycles. The zero-order valence-corrected chi connectivity index (χ0v) is 22.8. The predicted octanol–water partition coefficient (Wildman–Crippen LogP) is 8.43. The number of nitrogens with zero attached hydrogens (tertiary/aromatic N) is 2. The highest BCUT2D eigenvalue weighted by molar-refractivity contribution is 7.99. The minimum atomic E-state index is -0.395. The average molecular weight is 514 g/mol. The molecular formula is C26H38Cl2N2O2S. The van der Waals surface area contributed by atoms with E-state index in [9.17, 15) is 0 Å². The molecule has 0 spiro atoms. The van der Waals surface area contributed by atoms with Gasteiger partial charge in [-0.3, -0.25) is 0 Å². The van der Waals surface area contributed by atoms with Gasteiger partial charge in [0, 0.05) is 41.3 Å². The minimum Gasteiger partial charge on any atom is -0.350 e. The number of aromatic nitrogens is 2. The van der Waals surface area contributed by atoms with Crippen molar-refractivity contribution in [2.45, 2.75) is 100 Å². The maximum Gasteiger partial charge on any atom is 0.168 e. The first-order valence-electron chi connectivity index (χ1n) is 12.3. The summed E-state index contributed by atoms with van der Waals surface area (Å²) in [6.07, 6.45) is 9.97. The first kappa shape index (κ1) is 26.9. The lowest BCUT2D eigenvalue weighted by atomic mass is 10.1. The van der Waals surface area contributed by atoms with Crippen LogP contribution in [0.1, 0.15) is 89.6 Å². The van der Waals surface area contributed by atoms with E-state index in [-0.39, 0.29) is 0 Å². The third-order valence-electron chi connectivity index (χ3n) is 6.18. The van der Waals surface area contributed by atoms with Crippen LogP contribution in [-0.4, -0.2) is 28.6 Å². The quantitative estimate of drug-likeness (QED) is 0.199. The fraction of sp³-hybridized carbons (Fsp3) is 0.654. The van der Waals surface area contributed by atoms with E-state index in [2.05, 4.69) is 32.4 Å². The standard InChI is InChI=1S/C26H38Cl2N2O2S/c1-5-6-7-10-14-31-26(12-8-9-13-26)32-15-11-23-29-24(19(2)3)25(30(23)4)33-22-17-20(27)16-21(28)18-22/h16-19H,5-15H2,1-4H3. The largest absolute Gasteiger partial charge is 0.350 e. The van der Waals surface area contributed by atoms with E-state index in [1.807, 2.05) is 12.1 Å². The molecule has 1 saturated carbocycles. The molecule has 1 fully saturated rings. The highest BCUT2D eigenvalue weighted by Gasteiger charge is 2.35. The molecule has 1 aliphatic carbocycles. The summed E-state index contributed by atoms with van der Waals surface area (Å²) in [4.78, 5) is 6.00. The van der Waals surface area contributed by atoms with Crippen LogP contribution in [0.3, 0.4) is 0 Å². The highest BCUT2D eigenvalue weighted by atomic mass is 35.5. The van der Waals surface area contributed by atoms with Crippen molar-refractivity contribution in [2.24, 2.45) is 7.05 Å². The number of ether oxygens (including phenoxy) is 2. The second-order valence-corrected chi connectivity index (χ2v) is 11.2. The number of hydrogen-bond acceptors (Lipinski definition) is 4. The van der Waals surface area contributed by atoms with Crippen molar-refractivity contribution >= 4 is 35.0 Å². The fourth-order valence-electron chi connectivity index (χ4n) is 4.33. The molecule has 0 unspecified atom stereocenters. The maximum absolute atomic E-state index is 6.40. The number of benzene rings is 1. The Morgan fingerprint density at radius 2 is 1.70 bits per heavy atom. The lowest BCUT2D eigenvalue weighted by Crippen LogP contribution is -2.34. The normalized spacial score (nSPS) is 15.6. The molecule has 1 aliphatic rings. The monoisotopic (exact) mass is 512 g/mol. The molecular weight excluding hydrogens is 475 g/mol. The molecule has 184 valence electrons. The molecule has 0 atom stereocenters. The summed E-state index contributed by atoms with van der Waals surface area (Å²) in [6.45, 7) is 8.00. The number of imidazole rings is 1. The molecule has 0 aliphatic heterocycles. The molecule has 0 radical (unpaired) electrons. The Labute approximate surface area is 213 Å². The topological polar surface area (TPSA) is 36.3 Å². The van der Waals surface area contributed by atoms with Crippen molar-refractivity contribution in [3.63, 3.8) is 0 Å². The van der Waals surface area contributed by atoms with Crippen LogP contribution in [0.4, 0.5) is 0 Å². The molecule has 0 saturated heterocycles. The van der Waals surface area contributed by atoms with Crippen LogP contribution < -0.4 is 0 Å². The van der Waals surface area contributed by atoms with Crippen LogP contribution in [0, 0.1) is 0 Å². The molecule has 0 bridgehead atoms. The zero-order chi connectivity index (χ0) is 23.8. The molecule has 0 amide bonds. The van der Waals surface area contributed by atoms with Crippen LogP contribution in [-0.2, 0) is 22.9 Å². The lowest BCUT2D eigenvalue weighted by molar-refractivity contribution is -0.232. The fourth-order valence-corrected chi connectivity index (χ4v) is 6.21. The lowest BCUT2D eigenvalue weighted by Gasteiger charge is -2.29. The Balaban J connectivity index is 1.65. The van der Waals surface area contributed by atoms with Crippen LogP contribution in [0.25, 0.3) is 0 Å². The van der Waals surface area contributed by atoms with Crippen molar-refractivity contribution in [1.82, 2.24) is 9.55 Å². The maximum atomic E-state index is 6.40. The van der Waals surface area contributed by atoms with Crippen molar-refractivity contribution in [3.05, 3.63) is 39.8 Å². The van der Waals surface area contributed by atoms with Crippen LogP contribution in [0.5, 0.6) is 0 Å². The zero-order valence-electron chi connectivity index (χ0n) is 20.5. The van der Waals surface area contributed by atoms with Gasteiger partial charge in [-0.05, 0) is 43.4 Å². The van der Waals surface area contributed by atoms with Gasteiger partial charge in [-0.1, -0.05) is 75.0 Å². The first-order chi connectivity index (χ1) is 15.8. The summed E-state index contributed by atoms with van der Waals surface area (Å²) in [5, 5.41) is 2.41. The van der Waals surface area contributed by atoms with E-state index < -0.39 is 5.79 Å². The molecule has 0 N–H and O–H groups in total. The Morgan fingerprint density at radius 3 is 2.33 bits per heavy atom. The van der Waals surface area contributed by atoms with Crippen molar-refractivity contribution in [2.75, 3.05) is 13.2 Å². The van der Waals surface area contributed by atoms with Gasteiger partial charge in [0.25, 0.3) is 0 Å². The molecule has 7 heteroatoms. The molecule has 1 aromatic heterocycles. The smallest absolute Gasteiger partial charge is 0.168 e. The highest BCUT2D eigenvalue weighted by Crippen LogP contribution is 2.37. The van der Waals surface area contributed by atoms with Gasteiger partial charge in [-0.25, -0.2) is 4.98 Å². The summed E-state index contributed by atoms with van der Waals surface area (Å²) in [5.74, 6) is 0.953. The number of unbranched alkanes of at least 4 members (excludes halogenated alkanes) is 3. The summed E-state index contributed by atoms with van der Waals surface area (Å²) < 4.78 is 14.9. The second kappa shape index (κ2) is 12.8. The average Bonchev–Trinajstić information content (AvgIpc) is 3.33. The summed E-state index contributed by atoms with van der Waals surface area (Å²) in [6, 6.07) is 5.65. The van der Waals surface area contributed by atoms with Gasteiger partial charge in [0.15, 0.2) is 5.79 Å². The Morgan fingerprint density at radius 1 is 1.03 bits per heavy atom. The SMILES string of the molecule is CCCCCCOC1(OCCc2nc(C(C)C)c(Sc3cc(Cl)cc(Cl)c3)n2C)CCCC1. The van der Waals surface area contributed by atoms with Crippen molar-refractivity contribution < 1.29 is 9.47 Å². The van der Waals surface area contributed by atoms with E-state index in [0.717, 1.165) is 53.7 Å². The van der Waals surface area contributed by atoms with Crippen molar-refractivity contribution in [3.8, 4) is 0 Å². The van der Waals surface area contributed by atoms with Gasteiger partial charge in [-0.15, -0.1) is 0 Å². The summed E-state index contributed by atoms with van der Waals surface area (Å²) >= 11 is 14.1. The molecule has 2 aromatic rings. The molecule has 33 heavy (non-hydrogen) atoms. The van der Waals surface area contributed by atoms with E-state index >= 15 is 0 Å². The third-order valence-corrected chi connectivity index (χ3v) is 7.76. The van der Waals surface area contributed by atoms with Gasteiger partial charge in [0.05, 0.1) is 18.9 Å². The number of hydrogen-bond donors (Lipinski definition) is 0. The second-order valence-electron chi connectivity index (χ2n) is 9.26. The van der Waals surface area contributed by atoms with Gasteiger partial charge in [0.2, 0.25) is 0 Å². The number of halogens is 2. The Kier molecular flexibility index (Phi) is 10.4. The molecule has 1 aromatic carbocycles. The van der Waals surface area contributed by atoms with Crippen LogP contribution in [0.15, 0.2) is 28.1 Å². The van der Waals surface area contributed by atoms with Gasteiger partial charge < -0.3 is 14.0 Å². The Hall–Kier alpha value is -0.720. The van der Waals surface area contributed by atoms with Crippen molar-refractivity contribution in [1.29, 1.82) is 0 Å². The van der Waals surface area contributed by atoms with Gasteiger partial charge in [-0.2, -0.15) is 0 Å². The number of rotatable bonds is 13.